The number of nitrogens with one attached hydrogen (secondary N) is 2. The summed E-state index contributed by atoms with van der Waals surface area (Å²) in [5.41, 5.74) is 1.68. The van der Waals surface area contributed by atoms with Crippen molar-refractivity contribution in [2.24, 2.45) is 0 Å². The molecule has 0 atom stereocenters. The Bertz CT molecular complexity index is 704. The molecule has 21 heavy (non-hydrogen) atoms. The largest absolute Gasteiger partial charge is 0.325 e. The van der Waals surface area contributed by atoms with Gasteiger partial charge in [0.05, 0.1) is 16.3 Å². The molecule has 6 heteroatoms. The minimum Gasteiger partial charge on any atom is -0.325 e. The van der Waals surface area contributed by atoms with Crippen LogP contribution in [0.15, 0.2) is 42.5 Å². The van der Waals surface area contributed by atoms with Gasteiger partial charge in [-0.05, 0) is 52.9 Å². The lowest BCUT2D eigenvalue weighted by Crippen LogP contribution is -2.13. The Morgan fingerprint density at radius 2 is 1.81 bits per heavy atom. The van der Waals surface area contributed by atoms with Crippen LogP contribution in [0.2, 0.25) is 5.02 Å². The van der Waals surface area contributed by atoms with Gasteiger partial charge in [0.25, 0.3) is 5.91 Å². The predicted octanol–water partition coefficient (Wildman–Crippen LogP) is 4.16. The van der Waals surface area contributed by atoms with E-state index in [1.54, 1.807) is 24.3 Å². The third-order valence-electron chi connectivity index (χ3n) is 2.66. The van der Waals surface area contributed by atoms with E-state index in [1.165, 1.54) is 6.92 Å². The first-order chi connectivity index (χ1) is 9.97. The molecule has 0 spiro atoms. The number of carbonyl (C=O) groups is 2. The third-order valence-corrected chi connectivity index (χ3v) is 3.91. The van der Waals surface area contributed by atoms with Gasteiger partial charge in [0.1, 0.15) is 0 Å². The van der Waals surface area contributed by atoms with Gasteiger partial charge in [0.15, 0.2) is 0 Å². The maximum absolute atomic E-state index is 12.2. The van der Waals surface area contributed by atoms with E-state index in [2.05, 4.69) is 33.2 Å². The topological polar surface area (TPSA) is 58.2 Å². The van der Waals surface area contributed by atoms with Crippen LogP contribution in [0, 0.1) is 3.57 Å². The summed E-state index contributed by atoms with van der Waals surface area (Å²) in [4.78, 5) is 23.2. The molecule has 0 aliphatic carbocycles. The Kier molecular flexibility index (Phi) is 5.19. The lowest BCUT2D eigenvalue weighted by molar-refractivity contribution is -0.114. The Morgan fingerprint density at radius 3 is 2.43 bits per heavy atom. The number of hydrogen-bond acceptors (Lipinski definition) is 2. The van der Waals surface area contributed by atoms with E-state index >= 15 is 0 Å². The van der Waals surface area contributed by atoms with E-state index in [-0.39, 0.29) is 11.8 Å². The molecule has 2 aromatic carbocycles. The monoisotopic (exact) mass is 414 g/mol. The van der Waals surface area contributed by atoms with Crippen LogP contribution in [0.3, 0.4) is 0 Å². The van der Waals surface area contributed by atoms with E-state index in [0.29, 0.717) is 22.0 Å². The van der Waals surface area contributed by atoms with Crippen LogP contribution in [0.4, 0.5) is 11.4 Å². The number of anilines is 2. The predicted molar refractivity (Wildman–Crippen MR) is 92.9 cm³/mol. The average molecular weight is 415 g/mol. The average Bonchev–Trinajstić information content (AvgIpc) is 2.42. The summed E-state index contributed by atoms with van der Waals surface area (Å²) < 4.78 is 0.869. The number of amides is 2. The first-order valence-electron chi connectivity index (χ1n) is 6.10. The van der Waals surface area contributed by atoms with Crippen LogP contribution in [-0.2, 0) is 4.79 Å². The third kappa shape index (κ3) is 4.18. The van der Waals surface area contributed by atoms with Crippen LogP contribution >= 0.6 is 34.2 Å². The fraction of sp³-hybridized carbons (Fsp3) is 0.0667. The smallest absolute Gasteiger partial charge is 0.256 e. The molecule has 0 fully saturated rings. The molecule has 2 aromatic rings. The van der Waals surface area contributed by atoms with Crippen LogP contribution in [0.25, 0.3) is 0 Å². The van der Waals surface area contributed by atoms with Crippen molar-refractivity contribution in [3.63, 3.8) is 0 Å². The minimum atomic E-state index is -0.205. The highest BCUT2D eigenvalue weighted by Gasteiger charge is 2.10. The van der Waals surface area contributed by atoms with Crippen molar-refractivity contribution >= 4 is 57.4 Å². The molecule has 0 saturated heterocycles. The summed E-state index contributed by atoms with van der Waals surface area (Å²) in [5.74, 6) is -0.407. The Morgan fingerprint density at radius 1 is 1.10 bits per heavy atom. The fourth-order valence-corrected chi connectivity index (χ4v) is 2.59. The van der Waals surface area contributed by atoms with Crippen LogP contribution < -0.4 is 10.6 Å². The molecule has 0 saturated carbocycles. The van der Waals surface area contributed by atoms with E-state index in [9.17, 15) is 9.59 Å². The molecule has 2 rings (SSSR count). The molecule has 108 valence electrons. The van der Waals surface area contributed by atoms with Crippen molar-refractivity contribution in [1.82, 2.24) is 0 Å². The minimum absolute atomic E-state index is 0.201. The summed E-state index contributed by atoms with van der Waals surface area (Å²) in [5, 5.41) is 5.76. The SMILES string of the molecule is CC(=O)Nc1ccc(NC(=O)c2ccccc2I)cc1Cl. The molecular weight excluding hydrogens is 403 g/mol. The van der Waals surface area contributed by atoms with Gasteiger partial charge in [-0.2, -0.15) is 0 Å². The van der Waals surface area contributed by atoms with Gasteiger partial charge in [0.2, 0.25) is 5.91 Å². The lowest BCUT2D eigenvalue weighted by Gasteiger charge is -2.10. The number of hydrogen-bond donors (Lipinski definition) is 2. The molecule has 2 amide bonds. The molecule has 2 N–H and O–H groups in total. The number of carbonyl (C=O) groups excluding carboxylic acids is 2. The van der Waals surface area contributed by atoms with Crippen molar-refractivity contribution in [2.75, 3.05) is 10.6 Å². The maximum atomic E-state index is 12.2. The van der Waals surface area contributed by atoms with Gasteiger partial charge in [0, 0.05) is 16.2 Å². The van der Waals surface area contributed by atoms with Crippen LogP contribution in [0.5, 0.6) is 0 Å². The van der Waals surface area contributed by atoms with E-state index < -0.39 is 0 Å². The second-order valence-electron chi connectivity index (χ2n) is 4.31. The molecule has 0 heterocycles. The molecule has 0 aliphatic heterocycles. The molecule has 0 unspecified atom stereocenters. The highest BCUT2D eigenvalue weighted by Crippen LogP contribution is 2.26. The normalized spacial score (nSPS) is 10.0. The number of rotatable bonds is 3. The Hall–Kier alpha value is -1.60. The zero-order valence-corrected chi connectivity index (χ0v) is 14.0. The van der Waals surface area contributed by atoms with E-state index in [0.717, 1.165) is 3.57 Å². The van der Waals surface area contributed by atoms with Crippen LogP contribution in [0.1, 0.15) is 17.3 Å². The van der Waals surface area contributed by atoms with Crippen molar-refractivity contribution in [3.05, 3.63) is 56.6 Å². The van der Waals surface area contributed by atoms with Crippen LogP contribution in [-0.4, -0.2) is 11.8 Å². The Balaban J connectivity index is 2.17. The van der Waals surface area contributed by atoms with Crippen molar-refractivity contribution in [2.45, 2.75) is 6.92 Å². The highest BCUT2D eigenvalue weighted by atomic mass is 127. The highest BCUT2D eigenvalue weighted by molar-refractivity contribution is 14.1. The van der Waals surface area contributed by atoms with Gasteiger partial charge < -0.3 is 10.6 Å². The fourth-order valence-electron chi connectivity index (χ4n) is 1.73. The maximum Gasteiger partial charge on any atom is 0.256 e. The summed E-state index contributed by atoms with van der Waals surface area (Å²) in [7, 11) is 0. The zero-order chi connectivity index (χ0) is 15.4. The van der Waals surface area contributed by atoms with Gasteiger partial charge >= 0.3 is 0 Å². The second-order valence-corrected chi connectivity index (χ2v) is 5.88. The van der Waals surface area contributed by atoms with Gasteiger partial charge in [-0.15, -0.1) is 0 Å². The molecule has 0 aliphatic rings. The quantitative estimate of drug-likeness (QED) is 0.741. The summed E-state index contributed by atoms with van der Waals surface area (Å²) >= 11 is 8.18. The molecule has 0 bridgehead atoms. The summed E-state index contributed by atoms with van der Waals surface area (Å²) in [6.45, 7) is 1.41. The van der Waals surface area contributed by atoms with Gasteiger partial charge in [-0.1, -0.05) is 23.7 Å². The van der Waals surface area contributed by atoms with E-state index in [1.807, 2.05) is 18.2 Å². The first kappa shape index (κ1) is 15.8. The lowest BCUT2D eigenvalue weighted by atomic mass is 10.2. The second kappa shape index (κ2) is 6.91. The molecule has 0 aromatic heterocycles. The molecule has 0 radical (unpaired) electrons. The first-order valence-corrected chi connectivity index (χ1v) is 7.56. The molecular formula is C15H12ClIN2O2. The van der Waals surface area contributed by atoms with Crippen molar-refractivity contribution in [1.29, 1.82) is 0 Å². The van der Waals surface area contributed by atoms with Crippen molar-refractivity contribution in [3.8, 4) is 0 Å². The Labute approximate surface area is 141 Å². The molecule has 4 nitrogen and oxygen atoms in total. The standard InChI is InChI=1S/C15H12ClIN2O2/c1-9(20)18-14-7-6-10(8-12(14)16)19-15(21)11-4-2-3-5-13(11)17/h2-8H,1H3,(H,18,20)(H,19,21). The summed E-state index contributed by atoms with van der Waals surface area (Å²) in [6.07, 6.45) is 0. The van der Waals surface area contributed by atoms with E-state index in [4.69, 9.17) is 11.6 Å². The zero-order valence-electron chi connectivity index (χ0n) is 11.1. The number of benzene rings is 2. The number of halogens is 2. The van der Waals surface area contributed by atoms with Gasteiger partial charge in [-0.25, -0.2) is 0 Å². The van der Waals surface area contributed by atoms with Crippen molar-refractivity contribution < 1.29 is 9.59 Å². The summed E-state index contributed by atoms with van der Waals surface area (Å²) in [6, 6.07) is 12.2. The van der Waals surface area contributed by atoms with Gasteiger partial charge in [-0.3, -0.25) is 9.59 Å².